The Morgan fingerprint density at radius 3 is 2.53 bits per heavy atom. The minimum Gasteiger partial charge on any atom is -0.465 e. The van der Waals surface area contributed by atoms with E-state index in [0.29, 0.717) is 29.3 Å². The van der Waals surface area contributed by atoms with Gasteiger partial charge in [-0.15, -0.1) is 0 Å². The normalized spacial score (nSPS) is 14.7. The Morgan fingerprint density at radius 2 is 1.85 bits per heavy atom. The predicted molar refractivity (Wildman–Crippen MR) is 125 cm³/mol. The molecule has 0 radical (unpaired) electrons. The first-order valence-corrected chi connectivity index (χ1v) is 10.5. The summed E-state index contributed by atoms with van der Waals surface area (Å²) in [5, 5.41) is 11.1. The topological polar surface area (TPSA) is 103 Å². The van der Waals surface area contributed by atoms with Gasteiger partial charge in [-0.3, -0.25) is 14.9 Å². The highest BCUT2D eigenvalue weighted by Crippen LogP contribution is 2.34. The summed E-state index contributed by atoms with van der Waals surface area (Å²) in [4.78, 5) is 38.0. The number of ether oxygens (including phenoxy) is 1. The molecular weight excluding hydrogens is 436 g/mol. The second kappa shape index (κ2) is 9.19. The SMILES string of the molecule is COC(=O)C1=C(C)N(Cc2ccc(C)cc2)C(=O)/C1=C\c1ccc(-c2cccc([N+](=O)[O-])c2)o1. The molecule has 8 heteroatoms. The Bertz CT molecular complexity index is 1350. The Morgan fingerprint density at radius 1 is 1.12 bits per heavy atom. The lowest BCUT2D eigenvalue weighted by Gasteiger charge is -2.18. The lowest BCUT2D eigenvalue weighted by molar-refractivity contribution is -0.384. The van der Waals surface area contributed by atoms with Crippen LogP contribution in [-0.2, 0) is 20.9 Å². The molecular formula is C26H22N2O6. The van der Waals surface area contributed by atoms with Gasteiger partial charge in [-0.1, -0.05) is 42.0 Å². The van der Waals surface area contributed by atoms with Crippen LogP contribution in [-0.4, -0.2) is 28.8 Å². The average molecular weight is 458 g/mol. The highest BCUT2D eigenvalue weighted by Gasteiger charge is 2.37. The van der Waals surface area contributed by atoms with Crippen LogP contribution in [0, 0.1) is 17.0 Å². The molecule has 2 aromatic carbocycles. The van der Waals surface area contributed by atoms with Gasteiger partial charge in [0.05, 0.1) is 29.7 Å². The van der Waals surface area contributed by atoms with Gasteiger partial charge >= 0.3 is 5.97 Å². The van der Waals surface area contributed by atoms with Gasteiger partial charge in [0, 0.05) is 23.4 Å². The molecule has 2 heterocycles. The predicted octanol–water partition coefficient (Wildman–Crippen LogP) is 5.04. The number of aryl methyl sites for hydroxylation is 1. The van der Waals surface area contributed by atoms with E-state index in [9.17, 15) is 19.7 Å². The van der Waals surface area contributed by atoms with Crippen molar-refractivity contribution >= 4 is 23.6 Å². The van der Waals surface area contributed by atoms with Gasteiger partial charge in [-0.25, -0.2) is 4.79 Å². The molecule has 0 N–H and O–H groups in total. The summed E-state index contributed by atoms with van der Waals surface area (Å²) in [5.41, 5.74) is 3.33. The van der Waals surface area contributed by atoms with E-state index in [1.165, 1.54) is 30.2 Å². The third-order valence-corrected chi connectivity index (χ3v) is 5.62. The molecule has 0 saturated heterocycles. The number of carbonyl (C=O) groups excluding carboxylic acids is 2. The van der Waals surface area contributed by atoms with Gasteiger partial charge in [0.15, 0.2) is 0 Å². The summed E-state index contributed by atoms with van der Waals surface area (Å²) in [6.07, 6.45) is 1.49. The Kier molecular flexibility index (Phi) is 6.14. The summed E-state index contributed by atoms with van der Waals surface area (Å²) in [6, 6.07) is 17.2. The number of amides is 1. The number of esters is 1. The first-order chi connectivity index (χ1) is 16.3. The lowest BCUT2D eigenvalue weighted by atomic mass is 10.1. The molecule has 0 aliphatic carbocycles. The molecule has 34 heavy (non-hydrogen) atoms. The van der Waals surface area contributed by atoms with Gasteiger partial charge in [0.1, 0.15) is 11.5 Å². The number of methoxy groups -OCH3 is 1. The molecule has 172 valence electrons. The molecule has 8 nitrogen and oxygen atoms in total. The maximum Gasteiger partial charge on any atom is 0.340 e. The second-order valence-corrected chi connectivity index (χ2v) is 7.90. The van der Waals surface area contributed by atoms with E-state index in [4.69, 9.17) is 9.15 Å². The highest BCUT2D eigenvalue weighted by atomic mass is 16.6. The van der Waals surface area contributed by atoms with Crippen molar-refractivity contribution in [2.75, 3.05) is 7.11 Å². The number of non-ortho nitro benzene ring substituents is 1. The molecule has 0 saturated carbocycles. The minimum atomic E-state index is -0.617. The smallest absolute Gasteiger partial charge is 0.340 e. The van der Waals surface area contributed by atoms with E-state index in [0.717, 1.165) is 11.1 Å². The van der Waals surface area contributed by atoms with Crippen LogP contribution in [0.25, 0.3) is 17.4 Å². The number of furan rings is 1. The fourth-order valence-corrected chi connectivity index (χ4v) is 3.80. The van der Waals surface area contributed by atoms with Crippen molar-refractivity contribution in [2.24, 2.45) is 0 Å². The van der Waals surface area contributed by atoms with Crippen molar-refractivity contribution in [3.63, 3.8) is 0 Å². The van der Waals surface area contributed by atoms with Crippen molar-refractivity contribution in [3.8, 4) is 11.3 Å². The largest absolute Gasteiger partial charge is 0.465 e. The number of carbonyl (C=O) groups is 2. The number of nitro benzene ring substituents is 1. The molecule has 0 spiro atoms. The van der Waals surface area contributed by atoms with Crippen molar-refractivity contribution in [2.45, 2.75) is 20.4 Å². The quantitative estimate of drug-likeness (QED) is 0.222. The molecule has 3 aromatic rings. The number of nitro groups is 1. The molecule has 1 aliphatic rings. The van der Waals surface area contributed by atoms with Crippen molar-refractivity contribution in [1.82, 2.24) is 4.90 Å². The van der Waals surface area contributed by atoms with Crippen LogP contribution in [0.4, 0.5) is 5.69 Å². The van der Waals surface area contributed by atoms with Crippen molar-refractivity contribution in [1.29, 1.82) is 0 Å². The van der Waals surface area contributed by atoms with E-state index in [1.807, 2.05) is 31.2 Å². The number of nitrogens with zero attached hydrogens (tertiary/aromatic N) is 2. The third kappa shape index (κ3) is 4.38. The third-order valence-electron chi connectivity index (χ3n) is 5.62. The molecule has 0 atom stereocenters. The van der Waals surface area contributed by atoms with Crippen LogP contribution in [0.1, 0.15) is 23.8 Å². The van der Waals surface area contributed by atoms with Gasteiger partial charge in [-0.05, 0) is 37.6 Å². The monoisotopic (exact) mass is 458 g/mol. The molecule has 1 amide bonds. The second-order valence-electron chi connectivity index (χ2n) is 7.90. The molecule has 0 unspecified atom stereocenters. The molecule has 4 rings (SSSR count). The fraction of sp³-hybridized carbons (Fsp3) is 0.154. The number of hydrogen-bond donors (Lipinski definition) is 0. The number of rotatable bonds is 6. The Hall–Kier alpha value is -4.46. The summed E-state index contributed by atoms with van der Waals surface area (Å²) in [6.45, 7) is 3.99. The van der Waals surface area contributed by atoms with E-state index in [2.05, 4.69) is 0 Å². The maximum absolute atomic E-state index is 13.3. The van der Waals surface area contributed by atoms with E-state index >= 15 is 0 Å². The first kappa shape index (κ1) is 22.7. The molecule has 1 aliphatic heterocycles. The summed E-state index contributed by atoms with van der Waals surface area (Å²) >= 11 is 0. The Labute approximate surface area is 195 Å². The van der Waals surface area contributed by atoms with Crippen molar-refractivity contribution < 1.29 is 23.7 Å². The van der Waals surface area contributed by atoms with Crippen LogP contribution in [0.5, 0.6) is 0 Å². The van der Waals surface area contributed by atoms with Crippen LogP contribution >= 0.6 is 0 Å². The van der Waals surface area contributed by atoms with Crippen LogP contribution in [0.2, 0.25) is 0 Å². The summed E-state index contributed by atoms with van der Waals surface area (Å²) < 4.78 is 10.8. The van der Waals surface area contributed by atoms with E-state index in [1.54, 1.807) is 31.2 Å². The highest BCUT2D eigenvalue weighted by molar-refractivity contribution is 6.16. The van der Waals surface area contributed by atoms with Gasteiger partial charge < -0.3 is 14.1 Å². The first-order valence-electron chi connectivity index (χ1n) is 10.5. The van der Waals surface area contributed by atoms with Crippen LogP contribution < -0.4 is 0 Å². The molecule has 0 bridgehead atoms. The molecule has 1 aromatic heterocycles. The molecule has 0 fully saturated rings. The maximum atomic E-state index is 13.3. The zero-order valence-corrected chi connectivity index (χ0v) is 18.9. The summed E-state index contributed by atoms with van der Waals surface area (Å²) in [7, 11) is 1.26. The number of hydrogen-bond acceptors (Lipinski definition) is 6. The van der Waals surface area contributed by atoms with Gasteiger partial charge in [0.25, 0.3) is 11.6 Å². The zero-order valence-electron chi connectivity index (χ0n) is 18.9. The number of benzene rings is 2. The van der Waals surface area contributed by atoms with Crippen molar-refractivity contribution in [3.05, 3.63) is 105 Å². The minimum absolute atomic E-state index is 0.0574. The van der Waals surface area contributed by atoms with Gasteiger partial charge in [-0.2, -0.15) is 0 Å². The summed E-state index contributed by atoms with van der Waals surface area (Å²) in [5.74, 6) is -0.227. The zero-order chi connectivity index (χ0) is 24.4. The van der Waals surface area contributed by atoms with E-state index in [-0.39, 0.29) is 22.7 Å². The van der Waals surface area contributed by atoms with E-state index < -0.39 is 10.9 Å². The fourth-order valence-electron chi connectivity index (χ4n) is 3.80. The van der Waals surface area contributed by atoms with Crippen LogP contribution in [0.15, 0.2) is 81.9 Å². The standard InChI is InChI=1S/C26H22N2O6/c1-16-7-9-18(10-8-16)15-27-17(2)24(26(30)33-3)22(25(27)29)14-21-11-12-23(34-21)19-5-4-6-20(13-19)28(31)32/h4-14H,15H2,1-3H3/b22-14-. The average Bonchev–Trinajstić information content (AvgIpc) is 3.39. The Balaban J connectivity index is 1.68. The van der Waals surface area contributed by atoms with Gasteiger partial charge in [0.2, 0.25) is 0 Å². The van der Waals surface area contributed by atoms with Crippen LogP contribution in [0.3, 0.4) is 0 Å². The number of allylic oxidation sites excluding steroid dienone is 1. The lowest BCUT2D eigenvalue weighted by Crippen LogP contribution is -2.24.